The van der Waals surface area contributed by atoms with Crippen molar-refractivity contribution in [2.45, 2.75) is 13.8 Å². The first-order valence-electron chi connectivity index (χ1n) is 4.43. The molecule has 1 N–H and O–H groups in total. The van der Waals surface area contributed by atoms with Gasteiger partial charge in [0.2, 0.25) is 0 Å². The Morgan fingerprint density at radius 3 is 2.71 bits per heavy atom. The van der Waals surface area contributed by atoms with Crippen LogP contribution in [0.2, 0.25) is 0 Å². The van der Waals surface area contributed by atoms with Gasteiger partial charge in [-0.25, -0.2) is 4.39 Å². The molecule has 1 aromatic heterocycles. The number of thiophene rings is 1. The minimum Gasteiger partial charge on any atom is -0.397 e. The van der Waals surface area contributed by atoms with E-state index in [1.54, 1.807) is 24.3 Å². The summed E-state index contributed by atoms with van der Waals surface area (Å²) in [4.78, 5) is 0. The zero-order chi connectivity index (χ0) is 10.6. The molecule has 0 unspecified atom stereocenters. The van der Waals surface area contributed by atoms with Crippen LogP contribution in [0, 0.1) is 12.7 Å². The van der Waals surface area contributed by atoms with Crippen LogP contribution in [0.4, 0.5) is 4.39 Å². The summed E-state index contributed by atoms with van der Waals surface area (Å²) < 4.78 is 13.9. The van der Waals surface area contributed by atoms with Crippen LogP contribution in [0.5, 0.6) is 0 Å². The highest BCUT2D eigenvalue weighted by molar-refractivity contribution is 7.17. The largest absolute Gasteiger partial charge is 0.397 e. The molecule has 0 aliphatic carbocycles. The van der Waals surface area contributed by atoms with Gasteiger partial charge in [0, 0.05) is 11.3 Å². The molecule has 3 heteroatoms. The van der Waals surface area contributed by atoms with E-state index in [9.17, 15) is 4.39 Å². The third-order valence-corrected chi connectivity index (χ3v) is 2.81. The van der Waals surface area contributed by atoms with E-state index in [2.05, 4.69) is 0 Å². The summed E-state index contributed by atoms with van der Waals surface area (Å²) in [6.07, 6.45) is 0. The number of fused-ring (bicyclic) bond motifs is 1. The average molecular weight is 212 g/mol. The fraction of sp³-hybridized carbons (Fsp3) is 0.273. The molecule has 1 nitrogen and oxygen atoms in total. The molecule has 0 fully saturated rings. The van der Waals surface area contributed by atoms with Gasteiger partial charge >= 0.3 is 0 Å². The van der Waals surface area contributed by atoms with Crippen molar-refractivity contribution >= 4 is 21.4 Å². The number of benzene rings is 1. The number of aliphatic hydroxyl groups excluding tert-OH is 1. The Balaban J connectivity index is 0.000000293. The van der Waals surface area contributed by atoms with E-state index >= 15 is 0 Å². The molecule has 76 valence electrons. The van der Waals surface area contributed by atoms with E-state index in [4.69, 9.17) is 5.11 Å². The summed E-state index contributed by atoms with van der Waals surface area (Å²) in [7, 11) is 0. The Labute approximate surface area is 86.8 Å². The molecule has 0 amide bonds. The predicted molar refractivity (Wildman–Crippen MR) is 59.3 cm³/mol. The molecule has 0 bridgehead atoms. The zero-order valence-electron chi connectivity index (χ0n) is 8.25. The van der Waals surface area contributed by atoms with Crippen LogP contribution < -0.4 is 0 Å². The lowest BCUT2D eigenvalue weighted by molar-refractivity contribution is 0.318. The van der Waals surface area contributed by atoms with E-state index in [0.717, 1.165) is 15.6 Å². The van der Waals surface area contributed by atoms with E-state index in [1.165, 1.54) is 6.07 Å². The van der Waals surface area contributed by atoms with E-state index in [-0.39, 0.29) is 12.4 Å². The highest BCUT2D eigenvalue weighted by atomic mass is 32.1. The molecule has 14 heavy (non-hydrogen) atoms. The molecule has 0 radical (unpaired) electrons. The number of halogens is 1. The van der Waals surface area contributed by atoms with Crippen molar-refractivity contribution in [1.29, 1.82) is 0 Å². The molecule has 0 aliphatic heterocycles. The second kappa shape index (κ2) is 5.08. The summed E-state index contributed by atoms with van der Waals surface area (Å²) >= 11 is 1.66. The van der Waals surface area contributed by atoms with Gasteiger partial charge in [-0.05, 0) is 48.4 Å². The Bertz CT molecular complexity index is 409. The minimum atomic E-state index is -0.154. The van der Waals surface area contributed by atoms with Crippen molar-refractivity contribution in [1.82, 2.24) is 0 Å². The fourth-order valence-corrected chi connectivity index (χ4v) is 2.05. The fourth-order valence-electron chi connectivity index (χ4n) is 1.13. The summed E-state index contributed by atoms with van der Waals surface area (Å²) in [5.74, 6) is -0.154. The second-order valence-electron chi connectivity index (χ2n) is 2.88. The van der Waals surface area contributed by atoms with Crippen LogP contribution in [0.3, 0.4) is 0 Å². The van der Waals surface area contributed by atoms with Crippen molar-refractivity contribution in [3.63, 3.8) is 0 Å². The molecule has 0 aliphatic rings. The number of aliphatic hydroxyl groups is 1. The Hall–Kier alpha value is -0.930. The predicted octanol–water partition coefficient (Wildman–Crippen LogP) is 3.35. The van der Waals surface area contributed by atoms with Crippen molar-refractivity contribution in [3.05, 3.63) is 35.0 Å². The number of hydrogen-bond acceptors (Lipinski definition) is 2. The molecule has 0 saturated carbocycles. The summed E-state index contributed by atoms with van der Waals surface area (Å²) in [5, 5.41) is 10.7. The van der Waals surface area contributed by atoms with Crippen molar-refractivity contribution in [2.75, 3.05) is 6.61 Å². The van der Waals surface area contributed by atoms with E-state index in [1.807, 2.05) is 18.4 Å². The molecule has 1 aromatic carbocycles. The van der Waals surface area contributed by atoms with Crippen LogP contribution in [-0.4, -0.2) is 11.7 Å². The topological polar surface area (TPSA) is 20.2 Å². The van der Waals surface area contributed by atoms with Crippen molar-refractivity contribution in [3.8, 4) is 0 Å². The molecular formula is C11H13FOS. The summed E-state index contributed by atoms with van der Waals surface area (Å²) in [6, 6.07) is 4.90. The zero-order valence-corrected chi connectivity index (χ0v) is 9.07. The third-order valence-electron chi connectivity index (χ3n) is 1.73. The smallest absolute Gasteiger partial charge is 0.123 e. The van der Waals surface area contributed by atoms with Gasteiger partial charge in [0.25, 0.3) is 0 Å². The van der Waals surface area contributed by atoms with Crippen LogP contribution in [0.15, 0.2) is 23.6 Å². The highest BCUT2D eigenvalue weighted by Crippen LogP contribution is 2.25. The molecule has 0 saturated heterocycles. The molecular weight excluding hydrogens is 199 g/mol. The quantitative estimate of drug-likeness (QED) is 0.710. The van der Waals surface area contributed by atoms with Gasteiger partial charge in [0.15, 0.2) is 0 Å². The average Bonchev–Trinajstić information content (AvgIpc) is 2.49. The van der Waals surface area contributed by atoms with Gasteiger partial charge in [-0.15, -0.1) is 11.3 Å². The van der Waals surface area contributed by atoms with Gasteiger partial charge in [-0.2, -0.15) is 0 Å². The van der Waals surface area contributed by atoms with Gasteiger partial charge in [-0.3, -0.25) is 0 Å². The van der Waals surface area contributed by atoms with E-state index in [0.29, 0.717) is 0 Å². The van der Waals surface area contributed by atoms with Gasteiger partial charge in [0.1, 0.15) is 5.82 Å². The maximum atomic E-state index is 12.7. The Morgan fingerprint density at radius 2 is 2.07 bits per heavy atom. The van der Waals surface area contributed by atoms with Gasteiger partial charge < -0.3 is 5.11 Å². The van der Waals surface area contributed by atoms with Crippen molar-refractivity contribution in [2.24, 2.45) is 0 Å². The van der Waals surface area contributed by atoms with Gasteiger partial charge in [-0.1, -0.05) is 0 Å². The Morgan fingerprint density at radius 1 is 1.43 bits per heavy atom. The number of rotatable bonds is 0. The molecule has 1 heterocycles. The maximum Gasteiger partial charge on any atom is 0.123 e. The normalized spacial score (nSPS) is 9.71. The lowest BCUT2D eigenvalue weighted by Crippen LogP contribution is -1.71. The first-order chi connectivity index (χ1) is 6.69. The second-order valence-corrected chi connectivity index (χ2v) is 3.79. The molecule has 0 atom stereocenters. The first kappa shape index (κ1) is 11.1. The Kier molecular flexibility index (Phi) is 4.04. The summed E-state index contributed by atoms with van der Waals surface area (Å²) in [6.45, 7) is 3.93. The van der Waals surface area contributed by atoms with Crippen LogP contribution in [0.25, 0.3) is 10.1 Å². The lowest BCUT2D eigenvalue weighted by atomic mass is 10.2. The monoisotopic (exact) mass is 212 g/mol. The third kappa shape index (κ3) is 2.53. The highest BCUT2D eigenvalue weighted by Gasteiger charge is 1.99. The lowest BCUT2D eigenvalue weighted by Gasteiger charge is -1.90. The molecule has 0 spiro atoms. The van der Waals surface area contributed by atoms with Crippen molar-refractivity contribution < 1.29 is 9.50 Å². The molecule has 2 aromatic rings. The number of hydrogen-bond donors (Lipinski definition) is 1. The standard InChI is InChI=1S/C9H7FS.C2H6O/c1-6-5-11-9-3-2-7(10)4-8(6)9;1-2-3/h2-5H,1H3;3H,2H2,1H3. The molecule has 2 rings (SSSR count). The van der Waals surface area contributed by atoms with Gasteiger partial charge in [0.05, 0.1) is 0 Å². The van der Waals surface area contributed by atoms with Crippen LogP contribution in [-0.2, 0) is 0 Å². The maximum absolute atomic E-state index is 12.7. The van der Waals surface area contributed by atoms with Crippen LogP contribution in [0.1, 0.15) is 12.5 Å². The minimum absolute atomic E-state index is 0.154. The number of aryl methyl sites for hydroxylation is 1. The van der Waals surface area contributed by atoms with Crippen LogP contribution >= 0.6 is 11.3 Å². The first-order valence-corrected chi connectivity index (χ1v) is 5.31. The van der Waals surface area contributed by atoms with E-state index < -0.39 is 0 Å². The SMILES string of the molecule is CCO.Cc1csc2ccc(F)cc12. The summed E-state index contributed by atoms with van der Waals surface area (Å²) in [5.41, 5.74) is 1.16.